The molecule has 7 nitrogen and oxygen atoms in total. The predicted molar refractivity (Wildman–Crippen MR) is 129 cm³/mol. The summed E-state index contributed by atoms with van der Waals surface area (Å²) in [5, 5.41) is 7.08. The molecule has 1 aromatic heterocycles. The number of benzene rings is 3. The van der Waals surface area contributed by atoms with Gasteiger partial charge in [-0.25, -0.2) is 13.1 Å². The summed E-state index contributed by atoms with van der Waals surface area (Å²) in [5.74, 6) is -0.419. The van der Waals surface area contributed by atoms with Gasteiger partial charge in [-0.3, -0.25) is 9.52 Å². The standard InChI is InChI=1S/C25H24N4O3S/c1-17-9-10-18(2)22(15-17)28-33(31,32)24-16-20(12-11-19(24)3)25(30)27-21-7-4-5-8-23(21)29-14-6-13-26-29/h4-16,28H,1-3H3,(H,27,30). The normalized spacial score (nSPS) is 11.2. The van der Waals surface area contributed by atoms with E-state index in [-0.39, 0.29) is 10.5 Å². The van der Waals surface area contributed by atoms with Crippen molar-refractivity contribution in [2.24, 2.45) is 0 Å². The first-order valence-corrected chi connectivity index (χ1v) is 11.8. The average Bonchev–Trinajstić information content (AvgIpc) is 3.31. The van der Waals surface area contributed by atoms with Crippen LogP contribution in [-0.4, -0.2) is 24.1 Å². The van der Waals surface area contributed by atoms with Crippen LogP contribution in [0.5, 0.6) is 0 Å². The number of aromatic nitrogens is 2. The van der Waals surface area contributed by atoms with Crippen molar-refractivity contribution in [2.75, 3.05) is 10.0 Å². The molecule has 0 atom stereocenters. The van der Waals surface area contributed by atoms with E-state index in [9.17, 15) is 13.2 Å². The van der Waals surface area contributed by atoms with E-state index in [1.165, 1.54) is 6.07 Å². The SMILES string of the molecule is Cc1ccc(C)c(NS(=O)(=O)c2cc(C(=O)Nc3ccccc3-n3cccn3)ccc2C)c1. The number of carbonyl (C=O) groups is 1. The lowest BCUT2D eigenvalue weighted by Crippen LogP contribution is -2.18. The Bertz CT molecular complexity index is 1430. The summed E-state index contributed by atoms with van der Waals surface area (Å²) in [5.41, 5.74) is 4.30. The largest absolute Gasteiger partial charge is 0.320 e. The third-order valence-corrected chi connectivity index (χ3v) is 6.79. The van der Waals surface area contributed by atoms with E-state index in [0.29, 0.717) is 22.6 Å². The minimum atomic E-state index is -3.90. The summed E-state index contributed by atoms with van der Waals surface area (Å²) in [7, 11) is -3.90. The Morgan fingerprint density at radius 2 is 1.64 bits per heavy atom. The van der Waals surface area contributed by atoms with Crippen LogP contribution in [0.2, 0.25) is 0 Å². The third kappa shape index (κ3) is 4.80. The molecule has 0 spiro atoms. The first-order chi connectivity index (χ1) is 15.7. The maximum absolute atomic E-state index is 13.2. The van der Waals surface area contributed by atoms with Crippen LogP contribution in [0.3, 0.4) is 0 Å². The number of anilines is 2. The molecular formula is C25H24N4O3S. The highest BCUT2D eigenvalue weighted by Crippen LogP contribution is 2.25. The van der Waals surface area contributed by atoms with Crippen LogP contribution in [0, 0.1) is 20.8 Å². The van der Waals surface area contributed by atoms with Gasteiger partial charge in [-0.15, -0.1) is 0 Å². The lowest BCUT2D eigenvalue weighted by molar-refractivity contribution is 0.102. The van der Waals surface area contributed by atoms with Crippen molar-refractivity contribution in [3.63, 3.8) is 0 Å². The molecule has 33 heavy (non-hydrogen) atoms. The van der Waals surface area contributed by atoms with Crippen molar-refractivity contribution < 1.29 is 13.2 Å². The Labute approximate surface area is 193 Å². The minimum absolute atomic E-state index is 0.0522. The number of sulfonamides is 1. The zero-order valence-electron chi connectivity index (χ0n) is 18.5. The van der Waals surface area contributed by atoms with Crippen LogP contribution in [0.15, 0.2) is 84.0 Å². The van der Waals surface area contributed by atoms with Crippen molar-refractivity contribution in [1.82, 2.24) is 9.78 Å². The molecule has 0 aliphatic heterocycles. The second-order valence-corrected chi connectivity index (χ2v) is 9.48. The molecule has 0 saturated carbocycles. The molecule has 0 fully saturated rings. The van der Waals surface area contributed by atoms with Gasteiger partial charge in [0.25, 0.3) is 15.9 Å². The maximum atomic E-state index is 13.2. The third-order valence-electron chi connectivity index (χ3n) is 5.28. The highest BCUT2D eigenvalue weighted by molar-refractivity contribution is 7.92. The number of para-hydroxylation sites is 2. The number of aryl methyl sites for hydroxylation is 3. The number of hydrogen-bond acceptors (Lipinski definition) is 4. The molecule has 0 aliphatic rings. The van der Waals surface area contributed by atoms with E-state index in [1.807, 2.05) is 44.2 Å². The molecule has 8 heteroatoms. The fourth-order valence-electron chi connectivity index (χ4n) is 3.46. The number of nitrogens with one attached hydrogen (secondary N) is 2. The molecule has 3 aromatic carbocycles. The van der Waals surface area contributed by atoms with Gasteiger partial charge in [0.15, 0.2) is 0 Å². The van der Waals surface area contributed by atoms with Gasteiger partial charge in [0.2, 0.25) is 0 Å². The zero-order valence-corrected chi connectivity index (χ0v) is 19.3. The molecule has 0 aliphatic carbocycles. The number of nitrogens with zero attached hydrogens (tertiary/aromatic N) is 2. The molecule has 0 unspecified atom stereocenters. The molecule has 0 radical (unpaired) electrons. The number of rotatable bonds is 6. The summed E-state index contributed by atoms with van der Waals surface area (Å²) in [6.45, 7) is 5.44. The van der Waals surface area contributed by atoms with E-state index in [4.69, 9.17) is 0 Å². The Kier molecular flexibility index (Phi) is 6.02. The molecule has 4 rings (SSSR count). The van der Waals surface area contributed by atoms with Gasteiger partial charge in [-0.05, 0) is 73.9 Å². The van der Waals surface area contributed by atoms with Crippen LogP contribution in [0.25, 0.3) is 5.69 Å². The van der Waals surface area contributed by atoms with Gasteiger partial charge in [0, 0.05) is 18.0 Å². The average molecular weight is 461 g/mol. The van der Waals surface area contributed by atoms with E-state index in [0.717, 1.165) is 11.1 Å². The fraction of sp³-hybridized carbons (Fsp3) is 0.120. The van der Waals surface area contributed by atoms with Gasteiger partial charge in [0.1, 0.15) is 0 Å². The summed E-state index contributed by atoms with van der Waals surface area (Å²) in [4.78, 5) is 13.1. The van der Waals surface area contributed by atoms with Gasteiger partial charge >= 0.3 is 0 Å². The van der Waals surface area contributed by atoms with E-state index >= 15 is 0 Å². The molecule has 1 heterocycles. The van der Waals surface area contributed by atoms with Crippen LogP contribution in [0.1, 0.15) is 27.0 Å². The Balaban J connectivity index is 1.64. The van der Waals surface area contributed by atoms with Crippen LogP contribution >= 0.6 is 0 Å². The number of carbonyl (C=O) groups excluding carboxylic acids is 1. The van der Waals surface area contributed by atoms with E-state index in [2.05, 4.69) is 15.1 Å². The zero-order chi connectivity index (χ0) is 23.6. The monoisotopic (exact) mass is 460 g/mol. The van der Waals surface area contributed by atoms with Crippen LogP contribution in [0.4, 0.5) is 11.4 Å². The highest BCUT2D eigenvalue weighted by Gasteiger charge is 2.21. The Morgan fingerprint density at radius 3 is 2.39 bits per heavy atom. The van der Waals surface area contributed by atoms with Crippen molar-refractivity contribution in [3.8, 4) is 5.69 Å². The number of amides is 1. The van der Waals surface area contributed by atoms with E-state index < -0.39 is 15.9 Å². The maximum Gasteiger partial charge on any atom is 0.262 e. The molecular weight excluding hydrogens is 436 g/mol. The molecule has 0 saturated heterocycles. The first-order valence-electron chi connectivity index (χ1n) is 10.4. The molecule has 168 valence electrons. The van der Waals surface area contributed by atoms with Crippen molar-refractivity contribution in [2.45, 2.75) is 25.7 Å². The van der Waals surface area contributed by atoms with Crippen LogP contribution < -0.4 is 10.0 Å². The second-order valence-electron chi connectivity index (χ2n) is 7.83. The highest BCUT2D eigenvalue weighted by atomic mass is 32.2. The summed E-state index contributed by atoms with van der Waals surface area (Å²) in [6.07, 6.45) is 3.43. The number of hydrogen-bond donors (Lipinski definition) is 2. The minimum Gasteiger partial charge on any atom is -0.320 e. The summed E-state index contributed by atoms with van der Waals surface area (Å²) in [6, 6.07) is 19.3. The Hall–Kier alpha value is -3.91. The summed E-state index contributed by atoms with van der Waals surface area (Å²) < 4.78 is 30.7. The fourth-order valence-corrected chi connectivity index (χ4v) is 4.85. The molecule has 4 aromatic rings. The van der Waals surface area contributed by atoms with Crippen molar-refractivity contribution in [3.05, 3.63) is 101 Å². The Morgan fingerprint density at radius 1 is 0.879 bits per heavy atom. The van der Waals surface area contributed by atoms with Crippen molar-refractivity contribution in [1.29, 1.82) is 0 Å². The predicted octanol–water partition coefficient (Wildman–Crippen LogP) is 4.85. The van der Waals surface area contributed by atoms with Crippen LogP contribution in [-0.2, 0) is 10.0 Å². The van der Waals surface area contributed by atoms with E-state index in [1.54, 1.807) is 54.3 Å². The van der Waals surface area contributed by atoms with Gasteiger partial charge in [-0.2, -0.15) is 5.10 Å². The topological polar surface area (TPSA) is 93.1 Å². The molecule has 1 amide bonds. The quantitative estimate of drug-likeness (QED) is 0.430. The van der Waals surface area contributed by atoms with Gasteiger partial charge in [-0.1, -0.05) is 30.3 Å². The van der Waals surface area contributed by atoms with Gasteiger partial charge < -0.3 is 5.32 Å². The molecule has 2 N–H and O–H groups in total. The van der Waals surface area contributed by atoms with Crippen molar-refractivity contribution >= 4 is 27.3 Å². The molecule has 0 bridgehead atoms. The lowest BCUT2D eigenvalue weighted by atomic mass is 10.1. The second kappa shape index (κ2) is 8.91. The first kappa shape index (κ1) is 22.3. The lowest BCUT2D eigenvalue weighted by Gasteiger charge is -2.15. The summed E-state index contributed by atoms with van der Waals surface area (Å²) >= 11 is 0. The van der Waals surface area contributed by atoms with Gasteiger partial charge in [0.05, 0.1) is 22.0 Å². The smallest absolute Gasteiger partial charge is 0.262 e.